The quantitative estimate of drug-likeness (QED) is 0.795. The number of rotatable bonds is 7. The van der Waals surface area contributed by atoms with Gasteiger partial charge >= 0.3 is 0 Å². The van der Waals surface area contributed by atoms with Gasteiger partial charge in [0.05, 0.1) is 0 Å². The van der Waals surface area contributed by atoms with Crippen molar-refractivity contribution in [2.45, 2.75) is 66.6 Å². The molecule has 2 heteroatoms. The molecular weight excluding hydrogens is 232 g/mol. The van der Waals surface area contributed by atoms with E-state index >= 15 is 0 Å². The van der Waals surface area contributed by atoms with Crippen LogP contribution < -0.4 is 10.2 Å². The van der Waals surface area contributed by atoms with E-state index in [1.165, 1.54) is 23.2 Å². The molecule has 0 fully saturated rings. The van der Waals surface area contributed by atoms with E-state index in [1.807, 2.05) is 0 Å². The molecule has 19 heavy (non-hydrogen) atoms. The standard InChI is InChI=1S/C17H30N2/c1-7-15(6)19(8-2)17-10-9-14(5)11-16(17)12-18-13(3)4/h9-11,13,15,18H,7-8,12H2,1-6H3. The second-order valence-corrected chi connectivity index (χ2v) is 5.71. The van der Waals surface area contributed by atoms with Gasteiger partial charge in [0, 0.05) is 30.9 Å². The fraction of sp³-hybridized carbons (Fsp3) is 0.647. The first-order valence-corrected chi connectivity index (χ1v) is 7.59. The minimum atomic E-state index is 0.520. The van der Waals surface area contributed by atoms with Crippen molar-refractivity contribution >= 4 is 5.69 Å². The fourth-order valence-electron chi connectivity index (χ4n) is 2.39. The molecule has 1 rings (SSSR count). The van der Waals surface area contributed by atoms with Gasteiger partial charge in [-0.2, -0.15) is 0 Å². The Labute approximate surface area is 119 Å². The van der Waals surface area contributed by atoms with Crippen LogP contribution in [0.5, 0.6) is 0 Å². The highest BCUT2D eigenvalue weighted by Crippen LogP contribution is 2.25. The lowest BCUT2D eigenvalue weighted by Crippen LogP contribution is -2.34. The zero-order valence-corrected chi connectivity index (χ0v) is 13.5. The van der Waals surface area contributed by atoms with E-state index in [2.05, 4.69) is 70.0 Å². The van der Waals surface area contributed by atoms with E-state index in [0.29, 0.717) is 12.1 Å². The normalized spacial score (nSPS) is 12.8. The first-order chi connectivity index (χ1) is 8.99. The molecule has 0 aromatic heterocycles. The average Bonchev–Trinajstić information content (AvgIpc) is 2.38. The van der Waals surface area contributed by atoms with Crippen molar-refractivity contribution in [1.29, 1.82) is 0 Å². The summed E-state index contributed by atoms with van der Waals surface area (Å²) in [6.45, 7) is 15.4. The van der Waals surface area contributed by atoms with Gasteiger partial charge in [-0.25, -0.2) is 0 Å². The summed E-state index contributed by atoms with van der Waals surface area (Å²) in [5.41, 5.74) is 4.14. The van der Waals surface area contributed by atoms with E-state index in [-0.39, 0.29) is 0 Å². The van der Waals surface area contributed by atoms with Gasteiger partial charge in [0.1, 0.15) is 0 Å². The van der Waals surface area contributed by atoms with Gasteiger partial charge in [0.25, 0.3) is 0 Å². The van der Waals surface area contributed by atoms with Crippen LogP contribution in [0.25, 0.3) is 0 Å². The number of aryl methyl sites for hydroxylation is 1. The third-order valence-electron chi connectivity index (χ3n) is 3.71. The summed E-state index contributed by atoms with van der Waals surface area (Å²) in [5, 5.41) is 3.54. The highest BCUT2D eigenvalue weighted by atomic mass is 15.2. The van der Waals surface area contributed by atoms with Crippen molar-refractivity contribution in [2.75, 3.05) is 11.4 Å². The minimum Gasteiger partial charge on any atom is -0.369 e. The minimum absolute atomic E-state index is 0.520. The summed E-state index contributed by atoms with van der Waals surface area (Å²) in [4.78, 5) is 2.51. The van der Waals surface area contributed by atoms with Crippen molar-refractivity contribution in [3.63, 3.8) is 0 Å². The number of nitrogens with zero attached hydrogens (tertiary/aromatic N) is 1. The van der Waals surface area contributed by atoms with Gasteiger partial charge in [0.2, 0.25) is 0 Å². The van der Waals surface area contributed by atoms with Gasteiger partial charge in [-0.05, 0) is 38.8 Å². The van der Waals surface area contributed by atoms with E-state index in [4.69, 9.17) is 0 Å². The van der Waals surface area contributed by atoms with E-state index < -0.39 is 0 Å². The smallest absolute Gasteiger partial charge is 0.0414 e. The first-order valence-electron chi connectivity index (χ1n) is 7.59. The van der Waals surface area contributed by atoms with Crippen LogP contribution >= 0.6 is 0 Å². The molecule has 0 aliphatic rings. The summed E-state index contributed by atoms with van der Waals surface area (Å²) < 4.78 is 0. The molecule has 0 amide bonds. The Morgan fingerprint density at radius 2 is 1.84 bits per heavy atom. The molecule has 0 heterocycles. The number of anilines is 1. The maximum absolute atomic E-state index is 3.54. The van der Waals surface area contributed by atoms with Gasteiger partial charge in [0.15, 0.2) is 0 Å². The lowest BCUT2D eigenvalue weighted by atomic mass is 10.1. The van der Waals surface area contributed by atoms with Crippen molar-refractivity contribution in [1.82, 2.24) is 5.32 Å². The molecule has 2 nitrogen and oxygen atoms in total. The molecule has 0 aliphatic carbocycles. The molecule has 0 spiro atoms. The van der Waals surface area contributed by atoms with Crippen LogP contribution in [-0.2, 0) is 6.54 Å². The van der Waals surface area contributed by atoms with Crippen molar-refractivity contribution in [3.8, 4) is 0 Å². The summed E-state index contributed by atoms with van der Waals surface area (Å²) >= 11 is 0. The lowest BCUT2D eigenvalue weighted by Gasteiger charge is -2.32. The third kappa shape index (κ3) is 4.54. The Kier molecular flexibility index (Phi) is 6.36. The predicted octanol–water partition coefficient (Wildman–Crippen LogP) is 4.12. The van der Waals surface area contributed by atoms with Crippen LogP contribution in [0.4, 0.5) is 5.69 Å². The van der Waals surface area contributed by atoms with Crippen molar-refractivity contribution < 1.29 is 0 Å². The lowest BCUT2D eigenvalue weighted by molar-refractivity contribution is 0.581. The fourth-order valence-corrected chi connectivity index (χ4v) is 2.39. The van der Waals surface area contributed by atoms with E-state index in [1.54, 1.807) is 0 Å². The van der Waals surface area contributed by atoms with Crippen LogP contribution in [-0.4, -0.2) is 18.6 Å². The molecule has 0 saturated carbocycles. The Morgan fingerprint density at radius 1 is 1.16 bits per heavy atom. The van der Waals surface area contributed by atoms with E-state index in [9.17, 15) is 0 Å². The average molecular weight is 262 g/mol. The van der Waals surface area contributed by atoms with Crippen molar-refractivity contribution in [3.05, 3.63) is 29.3 Å². The molecule has 1 atom stereocenters. The molecular formula is C17H30N2. The predicted molar refractivity (Wildman–Crippen MR) is 85.9 cm³/mol. The molecule has 1 aromatic carbocycles. The molecule has 108 valence electrons. The van der Waals surface area contributed by atoms with E-state index in [0.717, 1.165) is 13.1 Å². The summed E-state index contributed by atoms with van der Waals surface area (Å²) in [7, 11) is 0. The van der Waals surface area contributed by atoms with Gasteiger partial charge < -0.3 is 10.2 Å². The number of hydrogen-bond acceptors (Lipinski definition) is 2. The zero-order valence-electron chi connectivity index (χ0n) is 13.5. The topological polar surface area (TPSA) is 15.3 Å². The van der Waals surface area contributed by atoms with Gasteiger partial charge in [-0.15, -0.1) is 0 Å². The number of nitrogens with one attached hydrogen (secondary N) is 1. The summed E-state index contributed by atoms with van der Waals surface area (Å²) in [6.07, 6.45) is 1.18. The summed E-state index contributed by atoms with van der Waals surface area (Å²) in [6, 6.07) is 7.93. The number of hydrogen-bond donors (Lipinski definition) is 1. The molecule has 0 radical (unpaired) electrons. The maximum Gasteiger partial charge on any atom is 0.0414 e. The molecule has 1 aromatic rings. The third-order valence-corrected chi connectivity index (χ3v) is 3.71. The maximum atomic E-state index is 3.54. The molecule has 0 saturated heterocycles. The zero-order chi connectivity index (χ0) is 14.4. The largest absolute Gasteiger partial charge is 0.369 e. The first kappa shape index (κ1) is 16.0. The summed E-state index contributed by atoms with van der Waals surface area (Å²) in [5.74, 6) is 0. The highest BCUT2D eigenvalue weighted by Gasteiger charge is 2.14. The second kappa shape index (κ2) is 7.54. The molecule has 1 unspecified atom stereocenters. The molecule has 0 aliphatic heterocycles. The number of benzene rings is 1. The Morgan fingerprint density at radius 3 is 2.37 bits per heavy atom. The SMILES string of the molecule is CCC(C)N(CC)c1ccc(C)cc1CNC(C)C. The second-order valence-electron chi connectivity index (χ2n) is 5.71. The van der Waals surface area contributed by atoms with Gasteiger partial charge in [-0.1, -0.05) is 38.5 Å². The van der Waals surface area contributed by atoms with Crippen LogP contribution in [0.2, 0.25) is 0 Å². The van der Waals surface area contributed by atoms with Gasteiger partial charge in [-0.3, -0.25) is 0 Å². The van der Waals surface area contributed by atoms with Crippen LogP contribution in [0.15, 0.2) is 18.2 Å². The van der Waals surface area contributed by atoms with Crippen LogP contribution in [0.1, 0.15) is 52.2 Å². The Balaban J connectivity index is 3.03. The monoisotopic (exact) mass is 262 g/mol. The van der Waals surface area contributed by atoms with Crippen molar-refractivity contribution in [2.24, 2.45) is 0 Å². The Hall–Kier alpha value is -1.02. The molecule has 0 bridgehead atoms. The molecule has 1 N–H and O–H groups in total. The van der Waals surface area contributed by atoms with Crippen LogP contribution in [0, 0.1) is 6.92 Å². The highest BCUT2D eigenvalue weighted by molar-refractivity contribution is 5.55. The Bertz CT molecular complexity index is 385. The van der Waals surface area contributed by atoms with Crippen LogP contribution in [0.3, 0.4) is 0 Å².